The van der Waals surface area contributed by atoms with Crippen molar-refractivity contribution in [3.8, 4) is 5.75 Å². The third kappa shape index (κ3) is 3.25. The number of nitrogens with two attached hydrogens (primary N) is 1. The first kappa shape index (κ1) is 11.5. The fourth-order valence-corrected chi connectivity index (χ4v) is 2.97. The molecule has 4 heteroatoms. The average Bonchev–Trinajstić information content (AvgIpc) is 2.10. The van der Waals surface area contributed by atoms with Gasteiger partial charge in [-0.1, -0.05) is 0 Å². The molecule has 0 amide bonds. The third-order valence-corrected chi connectivity index (χ3v) is 3.39. The van der Waals surface area contributed by atoms with E-state index in [0.717, 1.165) is 20.0 Å². The molecule has 3 N–H and O–H groups in total. The van der Waals surface area contributed by atoms with Crippen LogP contribution in [0.2, 0.25) is 0 Å². The molecule has 0 aliphatic carbocycles. The van der Waals surface area contributed by atoms with Crippen LogP contribution in [-0.2, 0) is 6.42 Å². The maximum atomic E-state index is 9.52. The molecule has 0 radical (unpaired) electrons. The van der Waals surface area contributed by atoms with Crippen LogP contribution in [0.5, 0.6) is 5.75 Å². The lowest BCUT2D eigenvalue weighted by Gasteiger charge is -2.05. The first-order chi connectivity index (χ1) is 6.15. The summed E-state index contributed by atoms with van der Waals surface area (Å²) in [4.78, 5) is 0. The van der Waals surface area contributed by atoms with Crippen molar-refractivity contribution >= 4 is 45.2 Å². The predicted molar refractivity (Wildman–Crippen MR) is 70.9 cm³/mol. The van der Waals surface area contributed by atoms with Gasteiger partial charge < -0.3 is 10.8 Å². The highest BCUT2D eigenvalue weighted by molar-refractivity contribution is 14.1. The normalized spacial score (nSPS) is 10.4. The third-order valence-electron chi connectivity index (χ3n) is 1.75. The molecule has 2 nitrogen and oxygen atoms in total. The largest absolute Gasteiger partial charge is 0.506 e. The van der Waals surface area contributed by atoms with Crippen LogP contribution in [0.15, 0.2) is 12.1 Å². The van der Waals surface area contributed by atoms with Crippen LogP contribution in [0.1, 0.15) is 12.0 Å². The van der Waals surface area contributed by atoms with Gasteiger partial charge in [0.25, 0.3) is 0 Å². The molecule has 0 fully saturated rings. The van der Waals surface area contributed by atoms with Gasteiger partial charge in [0.15, 0.2) is 0 Å². The van der Waals surface area contributed by atoms with Crippen molar-refractivity contribution in [2.24, 2.45) is 5.73 Å². The molecule has 0 aliphatic heterocycles. The number of hydrogen-bond donors (Lipinski definition) is 2. The van der Waals surface area contributed by atoms with Gasteiger partial charge in [-0.05, 0) is 82.3 Å². The Morgan fingerprint density at radius 2 is 1.77 bits per heavy atom. The quantitative estimate of drug-likeness (QED) is 0.763. The van der Waals surface area contributed by atoms with E-state index in [4.69, 9.17) is 5.73 Å². The van der Waals surface area contributed by atoms with Crippen LogP contribution in [0, 0.1) is 7.14 Å². The fraction of sp³-hybridized carbons (Fsp3) is 0.333. The number of aryl methyl sites for hydroxylation is 1. The fourth-order valence-electron chi connectivity index (χ4n) is 1.07. The van der Waals surface area contributed by atoms with Crippen molar-refractivity contribution in [3.05, 3.63) is 24.8 Å². The van der Waals surface area contributed by atoms with E-state index in [1.807, 2.05) is 12.1 Å². The van der Waals surface area contributed by atoms with Crippen LogP contribution in [0.3, 0.4) is 0 Å². The summed E-state index contributed by atoms with van der Waals surface area (Å²) >= 11 is 4.28. The SMILES string of the molecule is NCCCc1cc(I)c(O)c(I)c1. The van der Waals surface area contributed by atoms with Gasteiger partial charge >= 0.3 is 0 Å². The zero-order valence-corrected chi connectivity index (χ0v) is 11.4. The van der Waals surface area contributed by atoms with Gasteiger partial charge in [-0.15, -0.1) is 0 Å². The number of benzene rings is 1. The predicted octanol–water partition coefficient (Wildman–Crippen LogP) is 2.49. The summed E-state index contributed by atoms with van der Waals surface area (Å²) < 4.78 is 1.83. The van der Waals surface area contributed by atoms with Gasteiger partial charge in [0, 0.05) is 0 Å². The molecule has 0 heterocycles. The Labute approximate surface area is 105 Å². The van der Waals surface area contributed by atoms with Crippen molar-refractivity contribution in [2.45, 2.75) is 12.8 Å². The standard InChI is InChI=1S/C9H11I2NO/c10-7-4-6(2-1-3-12)5-8(11)9(7)13/h4-5,13H,1-3,12H2. The van der Waals surface area contributed by atoms with Crippen LogP contribution in [0.4, 0.5) is 0 Å². The van der Waals surface area contributed by atoms with Crippen molar-refractivity contribution in [2.75, 3.05) is 6.54 Å². The summed E-state index contributed by atoms with van der Waals surface area (Å²) in [5, 5.41) is 9.52. The highest BCUT2D eigenvalue weighted by Crippen LogP contribution is 2.27. The van der Waals surface area contributed by atoms with E-state index in [-0.39, 0.29) is 0 Å². The average molecular weight is 403 g/mol. The number of hydrogen-bond acceptors (Lipinski definition) is 2. The highest BCUT2D eigenvalue weighted by Gasteiger charge is 2.04. The van der Waals surface area contributed by atoms with Crippen LogP contribution >= 0.6 is 45.2 Å². The number of rotatable bonds is 3. The summed E-state index contributed by atoms with van der Waals surface area (Å²) in [5.74, 6) is 0.387. The second-order valence-corrected chi connectivity index (χ2v) is 5.12. The molecular weight excluding hydrogens is 392 g/mol. The maximum Gasteiger partial charge on any atom is 0.142 e. The summed E-state index contributed by atoms with van der Waals surface area (Å²) in [5.41, 5.74) is 6.68. The van der Waals surface area contributed by atoms with Crippen molar-refractivity contribution in [1.82, 2.24) is 0 Å². The summed E-state index contributed by atoms with van der Waals surface area (Å²) in [7, 11) is 0. The summed E-state index contributed by atoms with van der Waals surface area (Å²) in [6.07, 6.45) is 1.99. The first-order valence-electron chi connectivity index (χ1n) is 4.02. The zero-order chi connectivity index (χ0) is 9.84. The van der Waals surface area contributed by atoms with E-state index in [2.05, 4.69) is 45.2 Å². The Morgan fingerprint density at radius 1 is 1.23 bits per heavy atom. The number of halogens is 2. The van der Waals surface area contributed by atoms with E-state index < -0.39 is 0 Å². The molecule has 1 aromatic carbocycles. The molecular formula is C9H11I2NO. The minimum atomic E-state index is 0.387. The Balaban J connectivity index is 2.86. The van der Waals surface area contributed by atoms with Gasteiger partial charge in [-0.25, -0.2) is 0 Å². The molecule has 13 heavy (non-hydrogen) atoms. The van der Waals surface area contributed by atoms with Gasteiger partial charge in [0.1, 0.15) is 5.75 Å². The maximum absolute atomic E-state index is 9.52. The second kappa shape index (κ2) is 5.35. The Hall–Kier alpha value is 0.440. The molecule has 0 unspecified atom stereocenters. The molecule has 0 saturated heterocycles. The summed E-state index contributed by atoms with van der Waals surface area (Å²) in [6.45, 7) is 0.716. The monoisotopic (exact) mass is 403 g/mol. The molecule has 72 valence electrons. The topological polar surface area (TPSA) is 46.2 Å². The lowest BCUT2D eigenvalue weighted by molar-refractivity contribution is 0.467. The molecule has 0 spiro atoms. The van der Waals surface area contributed by atoms with Gasteiger partial charge in [0.05, 0.1) is 7.14 Å². The second-order valence-electron chi connectivity index (χ2n) is 2.80. The van der Waals surface area contributed by atoms with Crippen molar-refractivity contribution in [3.63, 3.8) is 0 Å². The van der Waals surface area contributed by atoms with Crippen molar-refractivity contribution in [1.29, 1.82) is 0 Å². The van der Waals surface area contributed by atoms with E-state index in [9.17, 15) is 5.11 Å². The lowest BCUT2D eigenvalue weighted by Crippen LogP contribution is -2.00. The van der Waals surface area contributed by atoms with E-state index >= 15 is 0 Å². The van der Waals surface area contributed by atoms with Crippen molar-refractivity contribution < 1.29 is 5.11 Å². The van der Waals surface area contributed by atoms with Crippen LogP contribution < -0.4 is 5.73 Å². The number of aromatic hydroxyl groups is 1. The smallest absolute Gasteiger partial charge is 0.142 e. The number of phenols is 1. The molecule has 0 saturated carbocycles. The molecule has 0 aliphatic rings. The summed E-state index contributed by atoms with van der Waals surface area (Å²) in [6, 6.07) is 4.02. The van der Waals surface area contributed by atoms with E-state index in [1.165, 1.54) is 5.56 Å². The molecule has 1 aromatic rings. The van der Waals surface area contributed by atoms with Crippen LogP contribution in [0.25, 0.3) is 0 Å². The molecule has 0 bridgehead atoms. The molecule has 0 aromatic heterocycles. The van der Waals surface area contributed by atoms with Crippen LogP contribution in [-0.4, -0.2) is 11.7 Å². The Bertz CT molecular complexity index is 279. The minimum absolute atomic E-state index is 0.387. The van der Waals surface area contributed by atoms with Gasteiger partial charge in [-0.3, -0.25) is 0 Å². The molecule has 1 rings (SSSR count). The number of phenolic OH excluding ortho intramolecular Hbond substituents is 1. The Morgan fingerprint density at radius 3 is 2.23 bits per heavy atom. The zero-order valence-electron chi connectivity index (χ0n) is 7.06. The minimum Gasteiger partial charge on any atom is -0.506 e. The van der Waals surface area contributed by atoms with E-state index in [0.29, 0.717) is 12.3 Å². The van der Waals surface area contributed by atoms with Gasteiger partial charge in [-0.2, -0.15) is 0 Å². The van der Waals surface area contributed by atoms with Gasteiger partial charge in [0.2, 0.25) is 0 Å². The molecule has 0 atom stereocenters. The lowest BCUT2D eigenvalue weighted by atomic mass is 10.1. The highest BCUT2D eigenvalue weighted by atomic mass is 127. The van der Waals surface area contributed by atoms with E-state index in [1.54, 1.807) is 0 Å². The first-order valence-corrected chi connectivity index (χ1v) is 6.18. The Kier molecular flexibility index (Phi) is 4.74.